The van der Waals surface area contributed by atoms with E-state index in [9.17, 15) is 4.79 Å². The molecule has 2 heterocycles. The molecular weight excluding hydrogens is 252 g/mol. The highest BCUT2D eigenvalue weighted by Gasteiger charge is 2.43. The van der Waals surface area contributed by atoms with Crippen molar-refractivity contribution in [1.82, 2.24) is 10.2 Å². The van der Waals surface area contributed by atoms with Crippen molar-refractivity contribution >= 4 is 5.91 Å². The molecule has 20 heavy (non-hydrogen) atoms. The maximum atomic E-state index is 13.0. The minimum Gasteiger partial charge on any atom is -0.369 e. The van der Waals surface area contributed by atoms with E-state index < -0.39 is 0 Å². The van der Waals surface area contributed by atoms with Gasteiger partial charge in [0.15, 0.2) is 0 Å². The van der Waals surface area contributed by atoms with Crippen molar-refractivity contribution in [3.8, 4) is 0 Å². The van der Waals surface area contributed by atoms with Gasteiger partial charge in [0.1, 0.15) is 0 Å². The molecule has 2 fully saturated rings. The monoisotopic (exact) mass is 282 g/mol. The molecule has 0 aromatic carbocycles. The number of piperidine rings is 1. The molecule has 0 aromatic rings. The topological polar surface area (TPSA) is 41.6 Å². The minimum atomic E-state index is -0.291. The highest BCUT2D eigenvalue weighted by atomic mass is 16.5. The molecule has 0 spiro atoms. The van der Waals surface area contributed by atoms with Gasteiger partial charge in [-0.2, -0.15) is 0 Å². The van der Waals surface area contributed by atoms with E-state index in [1.807, 2.05) is 4.90 Å². The largest absolute Gasteiger partial charge is 0.369 e. The first-order valence-electron chi connectivity index (χ1n) is 7.90. The Morgan fingerprint density at radius 2 is 2.10 bits per heavy atom. The Morgan fingerprint density at radius 3 is 2.65 bits per heavy atom. The summed E-state index contributed by atoms with van der Waals surface area (Å²) in [6, 6.07) is 0. The van der Waals surface area contributed by atoms with Crippen LogP contribution in [0.5, 0.6) is 0 Å². The SMILES string of the molecule is CC1CN(C(=O)C(C)(C)C2CCCNC2)CC(C)(C)O1. The normalized spacial score (nSPS) is 31.1. The smallest absolute Gasteiger partial charge is 0.228 e. The molecule has 2 rings (SSSR count). The highest BCUT2D eigenvalue weighted by molar-refractivity contribution is 5.82. The van der Waals surface area contributed by atoms with Crippen LogP contribution in [0.2, 0.25) is 0 Å². The van der Waals surface area contributed by atoms with Crippen LogP contribution in [0.1, 0.15) is 47.5 Å². The van der Waals surface area contributed by atoms with Crippen molar-refractivity contribution in [2.45, 2.75) is 59.2 Å². The molecule has 2 unspecified atom stereocenters. The van der Waals surface area contributed by atoms with Gasteiger partial charge in [0.2, 0.25) is 5.91 Å². The third kappa shape index (κ3) is 3.34. The number of morpholine rings is 1. The number of carbonyl (C=O) groups is 1. The molecular formula is C16H30N2O2. The summed E-state index contributed by atoms with van der Waals surface area (Å²) in [6.45, 7) is 13.9. The number of amides is 1. The Labute approximate surface area is 123 Å². The number of hydrogen-bond acceptors (Lipinski definition) is 3. The predicted octanol–water partition coefficient (Wildman–Crippen LogP) is 2.04. The molecule has 0 bridgehead atoms. The summed E-state index contributed by atoms with van der Waals surface area (Å²) in [7, 11) is 0. The van der Waals surface area contributed by atoms with Crippen molar-refractivity contribution in [3.05, 3.63) is 0 Å². The van der Waals surface area contributed by atoms with Crippen LogP contribution in [0, 0.1) is 11.3 Å². The van der Waals surface area contributed by atoms with E-state index in [1.165, 1.54) is 6.42 Å². The number of carbonyl (C=O) groups excluding carboxylic acids is 1. The molecule has 0 saturated carbocycles. The number of nitrogens with zero attached hydrogens (tertiary/aromatic N) is 1. The quantitative estimate of drug-likeness (QED) is 0.842. The first-order chi connectivity index (χ1) is 9.22. The lowest BCUT2D eigenvalue weighted by Crippen LogP contribution is -2.58. The summed E-state index contributed by atoms with van der Waals surface area (Å²) in [5.41, 5.74) is -0.533. The average Bonchev–Trinajstić information content (AvgIpc) is 2.36. The summed E-state index contributed by atoms with van der Waals surface area (Å²) in [5.74, 6) is 0.722. The molecule has 4 heteroatoms. The minimum absolute atomic E-state index is 0.114. The zero-order chi connectivity index (χ0) is 15.0. The standard InChI is InChI=1S/C16H30N2O2/c1-12-10-18(11-15(2,3)20-12)14(19)16(4,5)13-7-6-8-17-9-13/h12-13,17H,6-11H2,1-5H3. The van der Waals surface area contributed by atoms with E-state index in [2.05, 4.69) is 39.9 Å². The molecule has 116 valence electrons. The summed E-state index contributed by atoms with van der Waals surface area (Å²) < 4.78 is 5.91. The predicted molar refractivity (Wildman–Crippen MR) is 80.6 cm³/mol. The van der Waals surface area contributed by atoms with E-state index in [0.29, 0.717) is 19.0 Å². The fraction of sp³-hybridized carbons (Fsp3) is 0.938. The van der Waals surface area contributed by atoms with Crippen molar-refractivity contribution in [2.75, 3.05) is 26.2 Å². The zero-order valence-corrected chi connectivity index (χ0v) is 13.7. The van der Waals surface area contributed by atoms with Gasteiger partial charge in [0, 0.05) is 18.5 Å². The fourth-order valence-corrected chi connectivity index (χ4v) is 3.66. The molecule has 2 aliphatic rings. The van der Waals surface area contributed by atoms with E-state index in [4.69, 9.17) is 4.74 Å². The highest BCUT2D eigenvalue weighted by Crippen LogP contribution is 2.35. The molecule has 4 nitrogen and oxygen atoms in total. The second kappa shape index (κ2) is 5.64. The lowest BCUT2D eigenvalue weighted by Gasteiger charge is -2.46. The molecule has 2 saturated heterocycles. The van der Waals surface area contributed by atoms with Crippen LogP contribution in [-0.4, -0.2) is 48.7 Å². The first-order valence-corrected chi connectivity index (χ1v) is 7.90. The molecule has 0 aromatic heterocycles. The fourth-order valence-electron chi connectivity index (χ4n) is 3.66. The van der Waals surface area contributed by atoms with Gasteiger partial charge in [-0.3, -0.25) is 4.79 Å². The second-order valence-corrected chi connectivity index (χ2v) is 7.64. The Morgan fingerprint density at radius 1 is 1.40 bits per heavy atom. The van der Waals surface area contributed by atoms with Crippen LogP contribution in [0.4, 0.5) is 0 Å². The second-order valence-electron chi connectivity index (χ2n) is 7.64. The van der Waals surface area contributed by atoms with Crippen LogP contribution in [0.15, 0.2) is 0 Å². The van der Waals surface area contributed by atoms with Crippen LogP contribution in [0.3, 0.4) is 0 Å². The van der Waals surface area contributed by atoms with Crippen LogP contribution >= 0.6 is 0 Å². The van der Waals surface area contributed by atoms with Gasteiger partial charge in [-0.1, -0.05) is 13.8 Å². The maximum absolute atomic E-state index is 13.0. The lowest BCUT2D eigenvalue weighted by molar-refractivity contribution is -0.168. The summed E-state index contributed by atoms with van der Waals surface area (Å²) >= 11 is 0. The van der Waals surface area contributed by atoms with Crippen LogP contribution in [-0.2, 0) is 9.53 Å². The van der Waals surface area contributed by atoms with E-state index >= 15 is 0 Å². The van der Waals surface area contributed by atoms with E-state index in [-0.39, 0.29) is 23.0 Å². The van der Waals surface area contributed by atoms with Crippen LogP contribution in [0.25, 0.3) is 0 Å². The molecule has 2 aliphatic heterocycles. The van der Waals surface area contributed by atoms with Gasteiger partial charge < -0.3 is 15.0 Å². The lowest BCUT2D eigenvalue weighted by atomic mass is 9.73. The van der Waals surface area contributed by atoms with Gasteiger partial charge in [-0.05, 0) is 52.6 Å². The van der Waals surface area contributed by atoms with Crippen molar-refractivity contribution < 1.29 is 9.53 Å². The molecule has 0 aliphatic carbocycles. The first kappa shape index (κ1) is 15.8. The summed E-state index contributed by atoms with van der Waals surface area (Å²) in [5, 5.41) is 3.43. The zero-order valence-electron chi connectivity index (χ0n) is 13.7. The van der Waals surface area contributed by atoms with Crippen molar-refractivity contribution in [3.63, 3.8) is 0 Å². The van der Waals surface area contributed by atoms with Gasteiger partial charge in [-0.25, -0.2) is 0 Å². The van der Waals surface area contributed by atoms with Gasteiger partial charge in [0.05, 0.1) is 11.7 Å². The third-order valence-corrected chi connectivity index (χ3v) is 4.73. The molecule has 1 N–H and O–H groups in total. The van der Waals surface area contributed by atoms with Gasteiger partial charge >= 0.3 is 0 Å². The van der Waals surface area contributed by atoms with E-state index in [0.717, 1.165) is 19.5 Å². The number of rotatable bonds is 2. The van der Waals surface area contributed by atoms with Gasteiger partial charge in [0.25, 0.3) is 0 Å². The third-order valence-electron chi connectivity index (χ3n) is 4.73. The van der Waals surface area contributed by atoms with E-state index in [1.54, 1.807) is 0 Å². The molecule has 0 radical (unpaired) electrons. The summed E-state index contributed by atoms with van der Waals surface area (Å²) in [6.07, 6.45) is 2.43. The Hall–Kier alpha value is -0.610. The Bertz CT molecular complexity index is 359. The van der Waals surface area contributed by atoms with Crippen molar-refractivity contribution in [1.29, 1.82) is 0 Å². The Kier molecular flexibility index (Phi) is 4.45. The van der Waals surface area contributed by atoms with Gasteiger partial charge in [-0.15, -0.1) is 0 Å². The average molecular weight is 282 g/mol. The van der Waals surface area contributed by atoms with Crippen LogP contribution < -0.4 is 5.32 Å². The summed E-state index contributed by atoms with van der Waals surface area (Å²) in [4.78, 5) is 15.0. The molecule has 2 atom stereocenters. The number of hydrogen-bond donors (Lipinski definition) is 1. The maximum Gasteiger partial charge on any atom is 0.228 e. The Balaban J connectivity index is 2.08. The van der Waals surface area contributed by atoms with Crippen molar-refractivity contribution in [2.24, 2.45) is 11.3 Å². The number of nitrogens with one attached hydrogen (secondary N) is 1. The number of ether oxygens (including phenoxy) is 1. The molecule has 1 amide bonds.